The molecule has 0 fully saturated rings. The average Bonchev–Trinajstić information content (AvgIpc) is 2.46. The van der Waals surface area contributed by atoms with Crippen molar-refractivity contribution in [2.45, 2.75) is 26.2 Å². The van der Waals surface area contributed by atoms with Crippen LogP contribution in [0.15, 0.2) is 48.5 Å². The molecule has 0 saturated carbocycles. The lowest BCUT2D eigenvalue weighted by molar-refractivity contribution is 0.482. The number of benzene rings is 3. The van der Waals surface area contributed by atoms with E-state index >= 15 is 0 Å². The van der Waals surface area contributed by atoms with Crippen LogP contribution in [0.25, 0.3) is 21.5 Å². The first-order chi connectivity index (χ1) is 9.20. The van der Waals surface area contributed by atoms with Crippen molar-refractivity contribution in [3.8, 4) is 5.75 Å². The first-order valence-electron chi connectivity index (χ1n) is 6.85. The summed E-state index contributed by atoms with van der Waals surface area (Å²) in [5.74, 6) is 0.927. The van der Waals surface area contributed by atoms with Crippen LogP contribution < -0.4 is 0 Å². The minimum absolute atomic E-state index is 0.361. The van der Waals surface area contributed by atoms with Gasteiger partial charge in [-0.1, -0.05) is 56.3 Å². The first-order valence-corrected chi connectivity index (χ1v) is 6.85. The fourth-order valence-electron chi connectivity index (χ4n) is 2.64. The Balaban J connectivity index is 2.37. The Morgan fingerprint density at radius 1 is 0.947 bits per heavy atom. The van der Waals surface area contributed by atoms with Gasteiger partial charge in [0.1, 0.15) is 5.75 Å². The number of fused-ring (bicyclic) bond motifs is 3. The Hall–Kier alpha value is -2.02. The van der Waals surface area contributed by atoms with Crippen LogP contribution in [0.2, 0.25) is 0 Å². The zero-order valence-electron chi connectivity index (χ0n) is 11.4. The number of aromatic hydroxyl groups is 1. The predicted molar refractivity (Wildman–Crippen MR) is 81.8 cm³/mol. The van der Waals surface area contributed by atoms with Gasteiger partial charge in [-0.3, -0.25) is 0 Å². The molecule has 96 valence electrons. The lowest BCUT2D eigenvalue weighted by Crippen LogP contribution is -1.91. The van der Waals surface area contributed by atoms with E-state index in [2.05, 4.69) is 38.1 Å². The zero-order chi connectivity index (χ0) is 13.4. The zero-order valence-corrected chi connectivity index (χ0v) is 11.4. The van der Waals surface area contributed by atoms with Crippen molar-refractivity contribution < 1.29 is 5.11 Å². The SMILES string of the molecule is CCC(C)c1ccc2cc(O)c3ccccc3c2c1. The van der Waals surface area contributed by atoms with Crippen molar-refractivity contribution in [2.75, 3.05) is 0 Å². The second-order valence-corrected chi connectivity index (χ2v) is 5.23. The van der Waals surface area contributed by atoms with Crippen LogP contribution in [0, 0.1) is 0 Å². The quantitative estimate of drug-likeness (QED) is 0.619. The van der Waals surface area contributed by atoms with Gasteiger partial charge in [0.05, 0.1) is 0 Å². The van der Waals surface area contributed by atoms with E-state index in [-0.39, 0.29) is 0 Å². The van der Waals surface area contributed by atoms with E-state index in [1.54, 1.807) is 0 Å². The first kappa shape index (κ1) is 12.0. The summed E-state index contributed by atoms with van der Waals surface area (Å²) < 4.78 is 0. The highest BCUT2D eigenvalue weighted by atomic mass is 16.3. The molecule has 0 saturated heterocycles. The Morgan fingerprint density at radius 3 is 2.42 bits per heavy atom. The lowest BCUT2D eigenvalue weighted by atomic mass is 9.93. The van der Waals surface area contributed by atoms with Gasteiger partial charge in [-0.05, 0) is 40.1 Å². The van der Waals surface area contributed by atoms with Crippen molar-refractivity contribution in [2.24, 2.45) is 0 Å². The molecule has 19 heavy (non-hydrogen) atoms. The van der Waals surface area contributed by atoms with E-state index in [0.717, 1.165) is 22.6 Å². The Bertz CT molecular complexity index is 743. The molecule has 0 aliphatic carbocycles. The second kappa shape index (κ2) is 4.58. The van der Waals surface area contributed by atoms with Crippen molar-refractivity contribution in [1.82, 2.24) is 0 Å². The monoisotopic (exact) mass is 250 g/mol. The highest BCUT2D eigenvalue weighted by molar-refractivity contribution is 6.10. The third kappa shape index (κ3) is 1.95. The predicted octanol–water partition coefficient (Wildman–Crippen LogP) is 5.21. The van der Waals surface area contributed by atoms with Gasteiger partial charge in [-0.15, -0.1) is 0 Å². The van der Waals surface area contributed by atoms with E-state index in [9.17, 15) is 5.11 Å². The molecule has 1 nitrogen and oxygen atoms in total. The van der Waals surface area contributed by atoms with Crippen molar-refractivity contribution in [1.29, 1.82) is 0 Å². The maximum Gasteiger partial charge on any atom is 0.124 e. The molecule has 3 rings (SSSR count). The number of hydrogen-bond donors (Lipinski definition) is 1. The Morgan fingerprint density at radius 2 is 1.68 bits per heavy atom. The molecule has 3 aromatic rings. The van der Waals surface area contributed by atoms with E-state index < -0.39 is 0 Å². The van der Waals surface area contributed by atoms with Crippen LogP contribution in [0.5, 0.6) is 5.75 Å². The van der Waals surface area contributed by atoms with Gasteiger partial charge >= 0.3 is 0 Å². The third-order valence-corrected chi connectivity index (χ3v) is 4.04. The third-order valence-electron chi connectivity index (χ3n) is 4.04. The van der Waals surface area contributed by atoms with Gasteiger partial charge in [0.2, 0.25) is 0 Å². The molecule has 1 heteroatoms. The molecule has 0 amide bonds. The van der Waals surface area contributed by atoms with E-state index in [0.29, 0.717) is 11.7 Å². The van der Waals surface area contributed by atoms with Crippen LogP contribution in [0.4, 0.5) is 0 Å². The van der Waals surface area contributed by atoms with Crippen LogP contribution >= 0.6 is 0 Å². The molecule has 1 atom stereocenters. The van der Waals surface area contributed by atoms with Gasteiger partial charge in [0.25, 0.3) is 0 Å². The molecule has 0 aliphatic rings. The Labute approximate surface area is 113 Å². The Kier molecular flexibility index (Phi) is 2.90. The van der Waals surface area contributed by atoms with Crippen LogP contribution in [0.1, 0.15) is 31.7 Å². The number of phenolic OH excluding ortho intramolecular Hbond substituents is 1. The second-order valence-electron chi connectivity index (χ2n) is 5.23. The molecule has 1 N–H and O–H groups in total. The van der Waals surface area contributed by atoms with Gasteiger partial charge < -0.3 is 5.11 Å². The van der Waals surface area contributed by atoms with Crippen molar-refractivity contribution in [3.05, 3.63) is 54.1 Å². The molecular formula is C18H18O. The fraction of sp³-hybridized carbons (Fsp3) is 0.222. The van der Waals surface area contributed by atoms with Crippen LogP contribution in [-0.4, -0.2) is 5.11 Å². The summed E-state index contributed by atoms with van der Waals surface area (Å²) in [4.78, 5) is 0. The lowest BCUT2D eigenvalue weighted by Gasteiger charge is -2.12. The topological polar surface area (TPSA) is 20.2 Å². The molecule has 0 heterocycles. The average molecular weight is 250 g/mol. The molecule has 3 aromatic carbocycles. The highest BCUT2D eigenvalue weighted by Gasteiger charge is 2.08. The minimum Gasteiger partial charge on any atom is -0.507 e. The molecule has 0 aliphatic heterocycles. The summed E-state index contributed by atoms with van der Waals surface area (Å²) in [5, 5.41) is 14.5. The minimum atomic E-state index is 0.361. The van der Waals surface area contributed by atoms with E-state index in [1.165, 1.54) is 10.9 Å². The standard InChI is InChI=1S/C18H18O/c1-3-12(2)13-8-9-14-11-18(19)16-7-5-4-6-15(16)17(14)10-13/h4-12,19H,3H2,1-2H3. The molecular weight excluding hydrogens is 232 g/mol. The molecule has 0 radical (unpaired) electrons. The maximum absolute atomic E-state index is 10.1. The van der Waals surface area contributed by atoms with Gasteiger partial charge in [0, 0.05) is 5.39 Å². The van der Waals surface area contributed by atoms with Crippen molar-refractivity contribution in [3.63, 3.8) is 0 Å². The highest BCUT2D eigenvalue weighted by Crippen LogP contribution is 2.34. The van der Waals surface area contributed by atoms with Crippen molar-refractivity contribution >= 4 is 21.5 Å². The summed E-state index contributed by atoms with van der Waals surface area (Å²) in [6.07, 6.45) is 1.14. The smallest absolute Gasteiger partial charge is 0.124 e. The van der Waals surface area contributed by atoms with Crippen LogP contribution in [0.3, 0.4) is 0 Å². The van der Waals surface area contributed by atoms with Crippen LogP contribution in [-0.2, 0) is 0 Å². The van der Waals surface area contributed by atoms with Gasteiger partial charge in [-0.25, -0.2) is 0 Å². The fourth-order valence-corrected chi connectivity index (χ4v) is 2.64. The summed E-state index contributed by atoms with van der Waals surface area (Å²) in [5.41, 5.74) is 1.37. The van der Waals surface area contributed by atoms with E-state index in [1.807, 2.05) is 24.3 Å². The maximum atomic E-state index is 10.1. The number of rotatable bonds is 2. The van der Waals surface area contributed by atoms with Gasteiger partial charge in [-0.2, -0.15) is 0 Å². The summed E-state index contributed by atoms with van der Waals surface area (Å²) in [6.45, 7) is 4.47. The van der Waals surface area contributed by atoms with E-state index in [4.69, 9.17) is 0 Å². The number of hydrogen-bond acceptors (Lipinski definition) is 1. The number of phenols is 1. The summed E-state index contributed by atoms with van der Waals surface area (Å²) in [7, 11) is 0. The van der Waals surface area contributed by atoms with Gasteiger partial charge in [0.15, 0.2) is 0 Å². The molecule has 1 unspecified atom stereocenters. The normalized spacial score (nSPS) is 12.9. The molecule has 0 aromatic heterocycles. The largest absolute Gasteiger partial charge is 0.507 e. The molecule has 0 spiro atoms. The summed E-state index contributed by atoms with van der Waals surface area (Å²) >= 11 is 0. The molecule has 0 bridgehead atoms. The summed E-state index contributed by atoms with van der Waals surface area (Å²) in [6, 6.07) is 16.5.